The second kappa shape index (κ2) is 14.3. The first-order valence-corrected chi connectivity index (χ1v) is 11.6. The Morgan fingerprint density at radius 1 is 0.806 bits per heavy atom. The Morgan fingerprint density at radius 3 is 2.10 bits per heavy atom. The number of carbonyl (C=O) groups excluding carboxylic acids is 2. The predicted octanol–water partition coefficient (Wildman–Crippen LogP) is 6.89. The van der Waals surface area contributed by atoms with Gasteiger partial charge in [-0.2, -0.15) is 0 Å². The minimum atomic E-state index is -0.376. The van der Waals surface area contributed by atoms with Crippen molar-refractivity contribution in [2.24, 2.45) is 5.92 Å². The smallest absolute Gasteiger partial charge is 0.143 e. The molecule has 0 amide bonds. The summed E-state index contributed by atoms with van der Waals surface area (Å²) in [6.45, 7) is 4.27. The Labute approximate surface area is 187 Å². The molecule has 3 heteroatoms. The summed E-state index contributed by atoms with van der Waals surface area (Å²) >= 11 is 0. The predicted molar refractivity (Wildman–Crippen MR) is 127 cm³/mol. The van der Waals surface area contributed by atoms with Gasteiger partial charge in [-0.1, -0.05) is 74.9 Å². The van der Waals surface area contributed by atoms with Crippen LogP contribution in [-0.2, 0) is 22.6 Å². The molecule has 0 aliphatic carbocycles. The number of hydrogen-bond acceptors (Lipinski definition) is 3. The van der Waals surface area contributed by atoms with E-state index in [9.17, 15) is 9.59 Å². The van der Waals surface area contributed by atoms with Crippen LogP contribution in [0.5, 0.6) is 5.75 Å². The van der Waals surface area contributed by atoms with Crippen molar-refractivity contribution in [1.82, 2.24) is 0 Å². The molecule has 2 rings (SSSR count). The van der Waals surface area contributed by atoms with Gasteiger partial charge in [0.1, 0.15) is 23.9 Å². The maximum Gasteiger partial charge on any atom is 0.143 e. The zero-order valence-corrected chi connectivity index (χ0v) is 19.0. The first-order valence-electron chi connectivity index (χ1n) is 11.6. The van der Waals surface area contributed by atoms with Crippen LogP contribution in [-0.4, -0.2) is 11.6 Å². The van der Waals surface area contributed by atoms with Gasteiger partial charge in [0.25, 0.3) is 0 Å². The Hall–Kier alpha value is -2.68. The number of unbranched alkanes of at least 4 members (excludes halogenated alkanes) is 2. The molecule has 3 nitrogen and oxygen atoms in total. The van der Waals surface area contributed by atoms with E-state index in [1.54, 1.807) is 0 Å². The number of hydrogen-bond donors (Lipinski definition) is 0. The molecule has 0 heterocycles. The Kier molecular flexibility index (Phi) is 11.4. The zero-order chi connectivity index (χ0) is 22.3. The molecule has 0 radical (unpaired) electrons. The van der Waals surface area contributed by atoms with Gasteiger partial charge in [-0.3, -0.25) is 9.59 Å². The average molecular weight is 421 g/mol. The molecule has 166 valence electrons. The number of carbonyl (C=O) groups is 2. The van der Waals surface area contributed by atoms with Crippen molar-refractivity contribution in [1.29, 1.82) is 0 Å². The van der Waals surface area contributed by atoms with Crippen LogP contribution < -0.4 is 4.74 Å². The van der Waals surface area contributed by atoms with Crippen LogP contribution in [0.4, 0.5) is 0 Å². The molecule has 0 saturated carbocycles. The van der Waals surface area contributed by atoms with Crippen LogP contribution >= 0.6 is 0 Å². The highest BCUT2D eigenvalue weighted by molar-refractivity contribution is 6.02. The monoisotopic (exact) mass is 420 g/mol. The highest BCUT2D eigenvalue weighted by atomic mass is 16.5. The number of Topliss-reactive ketones (excluding diaryl/α,β-unsaturated/α-hetero) is 2. The van der Waals surface area contributed by atoms with Crippen LogP contribution in [0.2, 0.25) is 0 Å². The maximum absolute atomic E-state index is 11.9. The summed E-state index contributed by atoms with van der Waals surface area (Å²) in [5.41, 5.74) is 2.47. The van der Waals surface area contributed by atoms with Gasteiger partial charge in [-0.05, 0) is 55.4 Å². The SMILES string of the molecule is CCC(=O)C(CCCC/C=C/CCc1ccc(OCc2ccccc2)cc1)C(=O)CC. The van der Waals surface area contributed by atoms with Crippen LogP contribution in [0.1, 0.15) is 69.9 Å². The van der Waals surface area contributed by atoms with Crippen molar-refractivity contribution < 1.29 is 14.3 Å². The molecule has 0 bridgehead atoms. The number of benzene rings is 2. The van der Waals surface area contributed by atoms with E-state index in [0.717, 1.165) is 37.9 Å². The molecule has 31 heavy (non-hydrogen) atoms. The molecule has 0 saturated heterocycles. The van der Waals surface area contributed by atoms with Gasteiger partial charge in [0, 0.05) is 12.8 Å². The molecule has 0 N–H and O–H groups in total. The van der Waals surface area contributed by atoms with Gasteiger partial charge in [-0.25, -0.2) is 0 Å². The highest BCUT2D eigenvalue weighted by Crippen LogP contribution is 2.17. The van der Waals surface area contributed by atoms with Crippen molar-refractivity contribution >= 4 is 11.6 Å². The summed E-state index contributed by atoms with van der Waals surface area (Å²) in [7, 11) is 0. The topological polar surface area (TPSA) is 43.4 Å². The standard InChI is InChI=1S/C28H36O3/c1-3-27(29)26(28(30)4-2)17-13-8-6-5-7-10-14-23-18-20-25(21-19-23)31-22-24-15-11-9-12-16-24/h5,7,9,11-12,15-16,18-21,26H,3-4,6,8,10,13-14,17,22H2,1-2H3/b7-5+. The van der Waals surface area contributed by atoms with Gasteiger partial charge in [0.05, 0.1) is 5.92 Å². The van der Waals surface area contributed by atoms with E-state index in [2.05, 4.69) is 36.4 Å². The summed E-state index contributed by atoms with van der Waals surface area (Å²) in [6.07, 6.45) is 11.0. The Balaban J connectivity index is 1.61. The van der Waals surface area contributed by atoms with Crippen molar-refractivity contribution in [2.75, 3.05) is 0 Å². The number of allylic oxidation sites excluding steroid dienone is 2. The van der Waals surface area contributed by atoms with E-state index in [4.69, 9.17) is 4.74 Å². The summed E-state index contributed by atoms with van der Waals surface area (Å²) in [6, 6.07) is 18.5. The third-order valence-electron chi connectivity index (χ3n) is 5.53. The molecule has 0 fully saturated rings. The van der Waals surface area contributed by atoms with Gasteiger partial charge < -0.3 is 4.74 Å². The van der Waals surface area contributed by atoms with Crippen molar-refractivity contribution in [2.45, 2.75) is 71.8 Å². The van der Waals surface area contributed by atoms with Crippen molar-refractivity contribution in [3.8, 4) is 5.75 Å². The summed E-state index contributed by atoms with van der Waals surface area (Å²) < 4.78 is 5.83. The summed E-state index contributed by atoms with van der Waals surface area (Å²) in [4.78, 5) is 23.9. The molecule has 0 aliphatic rings. The van der Waals surface area contributed by atoms with Gasteiger partial charge in [0.2, 0.25) is 0 Å². The van der Waals surface area contributed by atoms with Crippen LogP contribution in [0.15, 0.2) is 66.7 Å². The molecule has 2 aromatic rings. The second-order valence-electron chi connectivity index (χ2n) is 7.91. The van der Waals surface area contributed by atoms with Crippen LogP contribution in [0, 0.1) is 5.92 Å². The quantitative estimate of drug-likeness (QED) is 0.179. The first kappa shape index (κ1) is 24.6. The van der Waals surface area contributed by atoms with E-state index in [0.29, 0.717) is 25.9 Å². The van der Waals surface area contributed by atoms with E-state index < -0.39 is 0 Å². The summed E-state index contributed by atoms with van der Waals surface area (Å²) in [5.74, 6) is 0.709. The fraction of sp³-hybridized carbons (Fsp3) is 0.429. The lowest BCUT2D eigenvalue weighted by molar-refractivity contribution is -0.132. The highest BCUT2D eigenvalue weighted by Gasteiger charge is 2.22. The number of ether oxygens (including phenoxy) is 1. The molecule has 0 aliphatic heterocycles. The molecule has 2 aromatic carbocycles. The van der Waals surface area contributed by atoms with Crippen LogP contribution in [0.3, 0.4) is 0 Å². The lowest BCUT2D eigenvalue weighted by Gasteiger charge is -2.12. The minimum absolute atomic E-state index is 0.0962. The molecular formula is C28H36O3. The molecular weight excluding hydrogens is 384 g/mol. The van der Waals surface area contributed by atoms with E-state index in [-0.39, 0.29) is 17.5 Å². The normalized spacial score (nSPS) is 11.2. The molecule has 0 spiro atoms. The molecule has 0 unspecified atom stereocenters. The second-order valence-corrected chi connectivity index (χ2v) is 7.91. The number of aryl methyl sites for hydroxylation is 1. The lowest BCUT2D eigenvalue weighted by Crippen LogP contribution is -2.22. The van der Waals surface area contributed by atoms with Gasteiger partial charge in [0.15, 0.2) is 0 Å². The fourth-order valence-electron chi connectivity index (χ4n) is 3.58. The van der Waals surface area contributed by atoms with Crippen LogP contribution in [0.25, 0.3) is 0 Å². The first-order chi connectivity index (χ1) is 15.1. The molecule has 0 atom stereocenters. The van der Waals surface area contributed by atoms with E-state index in [1.165, 1.54) is 11.1 Å². The van der Waals surface area contributed by atoms with Crippen molar-refractivity contribution in [3.05, 3.63) is 77.9 Å². The summed E-state index contributed by atoms with van der Waals surface area (Å²) in [5, 5.41) is 0. The maximum atomic E-state index is 11.9. The Morgan fingerprint density at radius 2 is 1.45 bits per heavy atom. The third-order valence-corrected chi connectivity index (χ3v) is 5.53. The molecule has 0 aromatic heterocycles. The minimum Gasteiger partial charge on any atom is -0.489 e. The number of ketones is 2. The lowest BCUT2D eigenvalue weighted by atomic mass is 9.90. The zero-order valence-electron chi connectivity index (χ0n) is 19.0. The van der Waals surface area contributed by atoms with Crippen molar-refractivity contribution in [3.63, 3.8) is 0 Å². The largest absolute Gasteiger partial charge is 0.489 e. The van der Waals surface area contributed by atoms with Gasteiger partial charge in [-0.15, -0.1) is 0 Å². The van der Waals surface area contributed by atoms with E-state index in [1.807, 2.05) is 44.2 Å². The fourth-order valence-corrected chi connectivity index (χ4v) is 3.58. The Bertz CT molecular complexity index is 790. The number of rotatable bonds is 15. The van der Waals surface area contributed by atoms with Gasteiger partial charge >= 0.3 is 0 Å². The average Bonchev–Trinajstić information content (AvgIpc) is 2.82. The third kappa shape index (κ3) is 9.33. The van der Waals surface area contributed by atoms with E-state index >= 15 is 0 Å².